The van der Waals surface area contributed by atoms with Gasteiger partial charge in [0.25, 0.3) is 11.8 Å². The first-order chi connectivity index (χ1) is 15.0. The number of ether oxygens (including phenoxy) is 2. The summed E-state index contributed by atoms with van der Waals surface area (Å²) in [5, 5.41) is 7.28. The summed E-state index contributed by atoms with van der Waals surface area (Å²) in [4.78, 5) is 24.3. The van der Waals surface area contributed by atoms with Crippen LogP contribution in [0.3, 0.4) is 0 Å². The van der Waals surface area contributed by atoms with E-state index in [1.54, 1.807) is 72.8 Å². The molecule has 0 bridgehead atoms. The van der Waals surface area contributed by atoms with Crippen LogP contribution in [0.1, 0.15) is 15.9 Å². The van der Waals surface area contributed by atoms with E-state index in [1.165, 1.54) is 13.3 Å². The quantitative estimate of drug-likeness (QED) is 0.409. The summed E-state index contributed by atoms with van der Waals surface area (Å²) in [6.07, 6.45) is 1.45. The van der Waals surface area contributed by atoms with E-state index < -0.39 is 0 Å². The minimum Gasteiger partial charge on any atom is -0.497 e. The topological polar surface area (TPSA) is 89.0 Å². The summed E-state index contributed by atoms with van der Waals surface area (Å²) in [5.41, 5.74) is 4.10. The van der Waals surface area contributed by atoms with Gasteiger partial charge < -0.3 is 14.8 Å². The van der Waals surface area contributed by atoms with Crippen molar-refractivity contribution in [2.24, 2.45) is 5.10 Å². The molecular formula is C23H20ClN3O4. The third-order valence-corrected chi connectivity index (χ3v) is 4.36. The number of hydrogen-bond acceptors (Lipinski definition) is 5. The molecule has 31 heavy (non-hydrogen) atoms. The number of methoxy groups -OCH3 is 1. The number of carbonyl (C=O) groups is 2. The van der Waals surface area contributed by atoms with Gasteiger partial charge in [-0.3, -0.25) is 9.59 Å². The van der Waals surface area contributed by atoms with E-state index in [9.17, 15) is 9.59 Å². The van der Waals surface area contributed by atoms with Crippen molar-refractivity contribution in [1.82, 2.24) is 5.43 Å². The second-order valence-corrected chi connectivity index (χ2v) is 6.75. The van der Waals surface area contributed by atoms with Gasteiger partial charge in [-0.1, -0.05) is 29.8 Å². The molecule has 3 aromatic carbocycles. The molecule has 0 aliphatic carbocycles. The van der Waals surface area contributed by atoms with Crippen molar-refractivity contribution in [1.29, 1.82) is 0 Å². The Morgan fingerprint density at radius 1 is 1.03 bits per heavy atom. The number of amides is 2. The number of anilines is 1. The van der Waals surface area contributed by atoms with Crippen LogP contribution in [-0.4, -0.2) is 31.7 Å². The van der Waals surface area contributed by atoms with Crippen molar-refractivity contribution in [3.8, 4) is 11.5 Å². The molecule has 0 aliphatic rings. The van der Waals surface area contributed by atoms with E-state index in [4.69, 9.17) is 21.1 Å². The van der Waals surface area contributed by atoms with E-state index >= 15 is 0 Å². The monoisotopic (exact) mass is 437 g/mol. The van der Waals surface area contributed by atoms with Crippen molar-refractivity contribution in [2.75, 3.05) is 19.0 Å². The number of para-hydroxylation sites is 1. The molecule has 0 atom stereocenters. The summed E-state index contributed by atoms with van der Waals surface area (Å²) in [6, 6.07) is 20.5. The third kappa shape index (κ3) is 6.58. The molecule has 0 spiro atoms. The fourth-order valence-electron chi connectivity index (χ4n) is 2.58. The molecule has 2 amide bonds. The standard InChI is InChI=1S/C23H20ClN3O4/c1-30-20-7-4-6-16(13-20)23(29)27-25-14-17-5-2-3-8-21(17)31-15-22(28)26-19-11-9-18(24)10-12-19/h2-14H,15H2,1H3,(H,26,28)(H,27,29)/b25-14+. The Balaban J connectivity index is 1.57. The summed E-state index contributed by atoms with van der Waals surface area (Å²) in [5.74, 6) is 0.330. The van der Waals surface area contributed by atoms with Gasteiger partial charge >= 0.3 is 0 Å². The van der Waals surface area contributed by atoms with Gasteiger partial charge in [-0.15, -0.1) is 0 Å². The number of benzene rings is 3. The number of nitrogens with zero attached hydrogens (tertiary/aromatic N) is 1. The van der Waals surface area contributed by atoms with Crippen LogP contribution < -0.4 is 20.2 Å². The van der Waals surface area contributed by atoms with Gasteiger partial charge in [0.1, 0.15) is 11.5 Å². The van der Waals surface area contributed by atoms with Crippen molar-refractivity contribution in [2.45, 2.75) is 0 Å². The first-order valence-corrected chi connectivity index (χ1v) is 9.67. The van der Waals surface area contributed by atoms with Crippen molar-refractivity contribution >= 4 is 35.3 Å². The fourth-order valence-corrected chi connectivity index (χ4v) is 2.71. The Hall–Kier alpha value is -3.84. The largest absolute Gasteiger partial charge is 0.497 e. The lowest BCUT2D eigenvalue weighted by molar-refractivity contribution is -0.118. The lowest BCUT2D eigenvalue weighted by Gasteiger charge is -2.09. The minimum absolute atomic E-state index is 0.191. The maximum atomic E-state index is 12.2. The Morgan fingerprint density at radius 3 is 2.58 bits per heavy atom. The van der Waals surface area contributed by atoms with Crippen LogP contribution in [-0.2, 0) is 4.79 Å². The van der Waals surface area contributed by atoms with Crippen LogP contribution in [0.5, 0.6) is 11.5 Å². The normalized spacial score (nSPS) is 10.5. The minimum atomic E-state index is -0.379. The molecule has 3 rings (SSSR count). The van der Waals surface area contributed by atoms with Gasteiger partial charge in [0.15, 0.2) is 6.61 Å². The molecule has 158 valence electrons. The highest BCUT2D eigenvalue weighted by Crippen LogP contribution is 2.17. The van der Waals surface area contributed by atoms with Gasteiger partial charge in [-0.25, -0.2) is 5.43 Å². The number of hydrazone groups is 1. The Morgan fingerprint density at radius 2 is 1.81 bits per heavy atom. The third-order valence-electron chi connectivity index (χ3n) is 4.11. The van der Waals surface area contributed by atoms with Crippen molar-refractivity contribution < 1.29 is 19.1 Å². The zero-order valence-electron chi connectivity index (χ0n) is 16.7. The predicted octanol–water partition coefficient (Wildman–Crippen LogP) is 4.13. The van der Waals surface area contributed by atoms with Crippen LogP contribution in [0.4, 0.5) is 5.69 Å². The number of halogens is 1. The van der Waals surface area contributed by atoms with Crippen LogP contribution in [0, 0.1) is 0 Å². The highest BCUT2D eigenvalue weighted by molar-refractivity contribution is 6.30. The molecule has 0 radical (unpaired) electrons. The average Bonchev–Trinajstić information content (AvgIpc) is 2.80. The summed E-state index contributed by atoms with van der Waals surface area (Å²) < 4.78 is 10.7. The number of nitrogens with one attached hydrogen (secondary N) is 2. The Bertz CT molecular complexity index is 1080. The lowest BCUT2D eigenvalue weighted by atomic mass is 10.2. The van der Waals surface area contributed by atoms with E-state index in [-0.39, 0.29) is 18.4 Å². The summed E-state index contributed by atoms with van der Waals surface area (Å²) in [6.45, 7) is -0.191. The molecule has 0 unspecified atom stereocenters. The summed E-state index contributed by atoms with van der Waals surface area (Å²) >= 11 is 5.83. The summed E-state index contributed by atoms with van der Waals surface area (Å²) in [7, 11) is 1.53. The Labute approximate surface area is 184 Å². The first-order valence-electron chi connectivity index (χ1n) is 9.30. The lowest BCUT2D eigenvalue weighted by Crippen LogP contribution is -2.20. The van der Waals surface area contributed by atoms with Gasteiger partial charge in [-0.05, 0) is 54.6 Å². The van der Waals surface area contributed by atoms with Gasteiger partial charge in [0.2, 0.25) is 0 Å². The van der Waals surface area contributed by atoms with Crippen LogP contribution in [0.2, 0.25) is 5.02 Å². The molecule has 0 heterocycles. The smallest absolute Gasteiger partial charge is 0.271 e. The molecule has 2 N–H and O–H groups in total. The molecular weight excluding hydrogens is 418 g/mol. The highest BCUT2D eigenvalue weighted by atomic mass is 35.5. The number of hydrogen-bond donors (Lipinski definition) is 2. The van der Waals surface area contributed by atoms with Gasteiger partial charge in [0, 0.05) is 21.8 Å². The fraction of sp³-hybridized carbons (Fsp3) is 0.0870. The van der Waals surface area contributed by atoms with Gasteiger partial charge in [0.05, 0.1) is 13.3 Å². The van der Waals surface area contributed by atoms with E-state index in [1.807, 2.05) is 0 Å². The van der Waals surface area contributed by atoms with Crippen molar-refractivity contribution in [3.05, 3.63) is 88.9 Å². The molecule has 8 heteroatoms. The zero-order chi connectivity index (χ0) is 22.1. The Kier molecular flexibility index (Phi) is 7.61. The maximum Gasteiger partial charge on any atom is 0.271 e. The molecule has 0 saturated heterocycles. The molecule has 3 aromatic rings. The molecule has 0 fully saturated rings. The average molecular weight is 438 g/mol. The second kappa shape index (κ2) is 10.8. The molecule has 0 aliphatic heterocycles. The number of rotatable bonds is 8. The van der Waals surface area contributed by atoms with Crippen LogP contribution >= 0.6 is 11.6 Å². The first kappa shape index (κ1) is 21.9. The maximum absolute atomic E-state index is 12.2. The van der Waals surface area contributed by atoms with E-state index in [2.05, 4.69) is 15.8 Å². The van der Waals surface area contributed by atoms with E-state index in [0.717, 1.165) is 0 Å². The number of carbonyl (C=O) groups excluding carboxylic acids is 2. The zero-order valence-corrected chi connectivity index (χ0v) is 17.4. The van der Waals surface area contributed by atoms with Crippen LogP contribution in [0.25, 0.3) is 0 Å². The SMILES string of the molecule is COc1cccc(C(=O)N/N=C/c2ccccc2OCC(=O)Nc2ccc(Cl)cc2)c1. The van der Waals surface area contributed by atoms with Crippen LogP contribution in [0.15, 0.2) is 77.9 Å². The predicted molar refractivity (Wildman–Crippen MR) is 120 cm³/mol. The van der Waals surface area contributed by atoms with E-state index in [0.29, 0.717) is 33.3 Å². The molecule has 0 aromatic heterocycles. The molecule has 0 saturated carbocycles. The highest BCUT2D eigenvalue weighted by Gasteiger charge is 2.08. The van der Waals surface area contributed by atoms with Crippen molar-refractivity contribution in [3.63, 3.8) is 0 Å². The molecule has 7 nitrogen and oxygen atoms in total. The van der Waals surface area contributed by atoms with Gasteiger partial charge in [-0.2, -0.15) is 5.10 Å². The second-order valence-electron chi connectivity index (χ2n) is 6.31.